The first-order valence-corrected chi connectivity index (χ1v) is 17.4. The molecule has 54 heavy (non-hydrogen) atoms. The van der Waals surface area contributed by atoms with E-state index in [1.165, 1.54) is 25.3 Å². The van der Waals surface area contributed by atoms with Gasteiger partial charge in [-0.2, -0.15) is 0 Å². The largest absolute Gasteiger partial charge is 0.493 e. The Morgan fingerprint density at radius 2 is 1.50 bits per heavy atom. The van der Waals surface area contributed by atoms with Crippen LogP contribution in [0.4, 0.5) is 28.4 Å². The van der Waals surface area contributed by atoms with Crippen LogP contribution in [0.15, 0.2) is 96.0 Å². The first-order chi connectivity index (χ1) is 27.7. The Kier molecular flexibility index (Phi) is 6.98. The summed E-state index contributed by atoms with van der Waals surface area (Å²) in [5.74, 6) is -0.574. The fraction of sp³-hybridized carbons (Fsp3) is 0.214. The highest BCUT2D eigenvalue weighted by Gasteiger charge is 2.38. The lowest BCUT2D eigenvalue weighted by Gasteiger charge is -2.22. The Hall–Kier alpha value is -6.69. The second-order valence-electron chi connectivity index (χ2n) is 13.5. The van der Waals surface area contributed by atoms with Crippen LogP contribution in [-0.2, 0) is 26.0 Å². The second-order valence-corrected chi connectivity index (χ2v) is 13.5. The van der Waals surface area contributed by atoms with Crippen molar-refractivity contribution in [3.8, 4) is 17.2 Å². The number of ether oxygens (including phenoxy) is 3. The maximum Gasteiger partial charge on any atom is 0.270 e. The summed E-state index contributed by atoms with van der Waals surface area (Å²) in [4.78, 5) is 47.1. The van der Waals surface area contributed by atoms with Gasteiger partial charge in [-0.1, -0.05) is 36.4 Å². The minimum atomic E-state index is -2.80. The van der Waals surface area contributed by atoms with Gasteiger partial charge >= 0.3 is 0 Å². The van der Waals surface area contributed by atoms with Crippen molar-refractivity contribution in [1.82, 2.24) is 0 Å². The summed E-state index contributed by atoms with van der Waals surface area (Å²) >= 11 is 0. The van der Waals surface area contributed by atoms with Gasteiger partial charge in [0.1, 0.15) is 18.9 Å². The number of aryl methyl sites for hydroxylation is 1. The third-order valence-corrected chi connectivity index (χ3v) is 10.2. The lowest BCUT2D eigenvalue weighted by Crippen LogP contribution is -2.39. The van der Waals surface area contributed by atoms with Gasteiger partial charge in [0.15, 0.2) is 11.5 Å². The third kappa shape index (κ3) is 5.67. The normalized spacial score (nSPS) is 19.2. The predicted octanol–water partition coefficient (Wildman–Crippen LogP) is 7.35. The molecule has 4 heterocycles. The molecule has 0 unspecified atom stereocenters. The van der Waals surface area contributed by atoms with Crippen LogP contribution in [0.25, 0.3) is 0 Å². The summed E-state index contributed by atoms with van der Waals surface area (Å²) in [5, 5.41) is 15.5. The first-order valence-electron chi connectivity index (χ1n) is 19.4. The number of amides is 2. The summed E-state index contributed by atoms with van der Waals surface area (Å²) in [5.41, 5.74) is 4.06. The van der Waals surface area contributed by atoms with Crippen LogP contribution >= 0.6 is 0 Å². The maximum atomic E-state index is 13.9. The summed E-state index contributed by atoms with van der Waals surface area (Å²) in [6.07, 6.45) is 2.92. The molecule has 2 amide bonds. The third-order valence-electron chi connectivity index (χ3n) is 10.2. The molecule has 0 spiro atoms. The van der Waals surface area contributed by atoms with Crippen LogP contribution in [0.5, 0.6) is 17.2 Å². The van der Waals surface area contributed by atoms with E-state index in [0.29, 0.717) is 36.2 Å². The number of hydrogen-bond donors (Lipinski definition) is 1. The van der Waals surface area contributed by atoms with E-state index in [0.717, 1.165) is 40.7 Å². The number of nitrogens with zero attached hydrogens (tertiary/aromatic N) is 4. The van der Waals surface area contributed by atoms with Crippen LogP contribution in [-0.4, -0.2) is 48.7 Å². The molecular weight excluding hydrogens is 686 g/mol. The van der Waals surface area contributed by atoms with Gasteiger partial charge in [-0.25, -0.2) is 0 Å². The SMILES string of the molecule is [2H]C([2H])(Oc1cc2c(cc1C)C(=O)N1c3ccccc3C[C@H]1CN2)c1cc([N+](=O)[O-])cc(C([2H])([2H])Oc2cc3c(cc2OC)C(=O)N2c4ccccc4C[C@H]2C=N3)c1. The number of methoxy groups -OCH3 is 1. The molecule has 0 aliphatic carbocycles. The quantitative estimate of drug-likeness (QED) is 0.130. The van der Waals surface area contributed by atoms with Gasteiger partial charge in [0.05, 0.1) is 52.1 Å². The molecule has 4 aliphatic rings. The smallest absolute Gasteiger partial charge is 0.270 e. The monoisotopic (exact) mass is 725 g/mol. The van der Waals surface area contributed by atoms with Crippen LogP contribution in [0.3, 0.4) is 0 Å². The predicted molar refractivity (Wildman–Crippen MR) is 204 cm³/mol. The fourth-order valence-electron chi connectivity index (χ4n) is 7.60. The van der Waals surface area contributed by atoms with Crippen LogP contribution < -0.4 is 29.3 Å². The number of carbonyl (C=O) groups is 2. The lowest BCUT2D eigenvalue weighted by atomic mass is 10.1. The van der Waals surface area contributed by atoms with Crippen LogP contribution in [0.2, 0.25) is 0 Å². The van der Waals surface area contributed by atoms with Crippen molar-refractivity contribution < 1.29 is 34.2 Å². The van der Waals surface area contributed by atoms with E-state index in [4.69, 9.17) is 19.7 Å². The number of nitro benzene ring substituents is 1. The van der Waals surface area contributed by atoms with Gasteiger partial charge < -0.3 is 24.4 Å². The van der Waals surface area contributed by atoms with Crippen molar-refractivity contribution in [2.45, 2.75) is 45.0 Å². The van der Waals surface area contributed by atoms with E-state index < -0.39 is 23.7 Å². The van der Waals surface area contributed by atoms with Crippen molar-refractivity contribution in [2.75, 3.05) is 28.8 Å². The molecule has 1 N–H and O–H groups in total. The second kappa shape index (κ2) is 13.1. The van der Waals surface area contributed by atoms with E-state index in [-0.39, 0.29) is 63.5 Å². The van der Waals surface area contributed by atoms with E-state index >= 15 is 0 Å². The lowest BCUT2D eigenvalue weighted by molar-refractivity contribution is -0.385. The number of nitrogens with one attached hydrogen (secondary N) is 1. The zero-order valence-electron chi connectivity index (χ0n) is 33.2. The molecule has 12 nitrogen and oxygen atoms in total. The highest BCUT2D eigenvalue weighted by atomic mass is 16.6. The number of nitro groups is 1. The summed E-state index contributed by atoms with van der Waals surface area (Å²) in [7, 11) is 1.33. The number of hydrogen-bond acceptors (Lipinski definition) is 9. The number of rotatable bonds is 8. The Morgan fingerprint density at radius 3 is 2.22 bits per heavy atom. The van der Waals surface area contributed by atoms with Crippen molar-refractivity contribution >= 4 is 46.5 Å². The van der Waals surface area contributed by atoms with Gasteiger partial charge in [0.2, 0.25) is 0 Å². The Morgan fingerprint density at radius 1 is 0.833 bits per heavy atom. The van der Waals surface area contributed by atoms with E-state index in [1.807, 2.05) is 48.5 Å². The summed E-state index contributed by atoms with van der Waals surface area (Å²) in [6, 6.07) is 23.9. The van der Waals surface area contributed by atoms with Crippen molar-refractivity contribution in [3.63, 3.8) is 0 Å². The molecule has 9 rings (SSSR count). The molecule has 270 valence electrons. The van der Waals surface area contributed by atoms with Crippen molar-refractivity contribution in [2.24, 2.45) is 4.99 Å². The number of non-ortho nitro benzene ring substituents is 1. The zero-order valence-corrected chi connectivity index (χ0v) is 29.2. The van der Waals surface area contributed by atoms with Gasteiger partial charge in [-0.05, 0) is 71.5 Å². The number of para-hydroxylation sites is 2. The molecule has 4 aliphatic heterocycles. The number of fused-ring (bicyclic) bond motifs is 8. The molecule has 0 saturated heterocycles. The standard InChI is InChI=1S/C42H35N5O7/c1-24-11-32-34(43-20-30-15-27-7-3-5-9-36(27)45(30)41(32)48)18-38(24)53-22-25-12-26(14-29(13-25)47(50)51)23-54-40-19-35-33(17-39(40)52-2)42(49)46-31(21-44-35)16-28-8-4-6-10-37(28)46/h3-14,17-19,21,30-31,43H,15-16,20,22-23H2,1-2H3/t30-,31-/m0/s1/i22D2,23D2. The van der Waals surface area contributed by atoms with Gasteiger partial charge in [0.25, 0.3) is 17.5 Å². The Balaban J connectivity index is 1.01. The van der Waals surface area contributed by atoms with Gasteiger partial charge in [-0.3, -0.25) is 29.6 Å². The first kappa shape index (κ1) is 28.8. The van der Waals surface area contributed by atoms with Gasteiger partial charge in [-0.15, -0.1) is 0 Å². The highest BCUT2D eigenvalue weighted by Crippen LogP contribution is 2.42. The topological polar surface area (TPSA) is 136 Å². The minimum absolute atomic E-state index is 0.0110. The van der Waals surface area contributed by atoms with Crippen LogP contribution in [0, 0.1) is 17.0 Å². The number of carbonyl (C=O) groups excluding carboxylic acids is 2. The van der Waals surface area contributed by atoms with Gasteiger partial charge in [0, 0.05) is 54.8 Å². The molecular formula is C42H35N5O7. The average molecular weight is 726 g/mol. The summed E-state index contributed by atoms with van der Waals surface area (Å²) < 4.78 is 53.2. The summed E-state index contributed by atoms with van der Waals surface area (Å²) in [6.45, 7) is -3.42. The molecule has 0 aromatic heterocycles. The maximum absolute atomic E-state index is 13.9. The molecule has 0 radical (unpaired) electrons. The average Bonchev–Trinajstić information content (AvgIpc) is 3.69. The van der Waals surface area contributed by atoms with Crippen molar-refractivity contribution in [3.05, 3.63) is 140 Å². The van der Waals surface area contributed by atoms with E-state index in [9.17, 15) is 19.7 Å². The number of benzene rings is 5. The molecule has 0 fully saturated rings. The molecule has 5 aromatic rings. The minimum Gasteiger partial charge on any atom is -0.493 e. The fourth-order valence-corrected chi connectivity index (χ4v) is 7.60. The molecule has 2 atom stereocenters. The zero-order chi connectivity index (χ0) is 40.7. The molecule has 0 saturated carbocycles. The van der Waals surface area contributed by atoms with Crippen molar-refractivity contribution in [1.29, 1.82) is 0 Å². The number of aliphatic imine (C=N–C) groups is 1. The Labute approximate surface area is 316 Å². The number of anilines is 3. The molecule has 0 bridgehead atoms. The van der Waals surface area contributed by atoms with Crippen LogP contribution in [0.1, 0.15) is 54.0 Å². The molecule has 12 heteroatoms. The van der Waals surface area contributed by atoms with E-state index in [1.54, 1.807) is 29.0 Å². The van der Waals surface area contributed by atoms with E-state index in [2.05, 4.69) is 10.3 Å². The highest BCUT2D eigenvalue weighted by molar-refractivity contribution is 6.15. The Bertz CT molecular complexity index is 2620. The molecule has 5 aromatic carbocycles.